The minimum absolute atomic E-state index is 0.0773. The highest BCUT2D eigenvalue weighted by atomic mass is 32.1. The molecule has 0 aliphatic carbocycles. The molecule has 1 aliphatic heterocycles. The lowest BCUT2D eigenvalue weighted by molar-refractivity contribution is -0.385. The number of nitrogens with zero attached hydrogens (tertiary/aromatic N) is 3. The van der Waals surface area contributed by atoms with Gasteiger partial charge in [0.2, 0.25) is 0 Å². The van der Waals surface area contributed by atoms with Gasteiger partial charge in [-0.15, -0.1) is 0 Å². The van der Waals surface area contributed by atoms with Crippen molar-refractivity contribution in [1.29, 1.82) is 0 Å². The summed E-state index contributed by atoms with van der Waals surface area (Å²) in [5.74, 6) is -0.774. The Kier molecular flexibility index (Phi) is 7.98. The quantitative estimate of drug-likeness (QED) is 0.173. The van der Waals surface area contributed by atoms with E-state index < -0.39 is 28.3 Å². The number of thiazole rings is 1. The van der Waals surface area contributed by atoms with Crippen LogP contribution in [-0.2, 0) is 9.53 Å². The standard InChI is InChI=1S/C30H24FN3O7S/c1-4-41-29(36)25-26(17-8-6-5-7-9-17)32-30-33(27(25)18-10-12-20(31)13-11-18)28(35)24(42-30)15-19-14-22(39-2)23(40-3)16-21(19)34(37)38/h5-16,27H,4H2,1-3H3. The van der Waals surface area contributed by atoms with Gasteiger partial charge in [-0.1, -0.05) is 53.8 Å². The van der Waals surface area contributed by atoms with Crippen molar-refractivity contribution in [1.82, 2.24) is 4.57 Å². The molecule has 10 nitrogen and oxygen atoms in total. The number of benzene rings is 3. The third-order valence-corrected chi connectivity index (χ3v) is 7.56. The van der Waals surface area contributed by atoms with Crippen LogP contribution in [-0.4, -0.2) is 36.3 Å². The highest BCUT2D eigenvalue weighted by molar-refractivity contribution is 7.07. The molecule has 1 aromatic heterocycles. The molecule has 2 heterocycles. The van der Waals surface area contributed by atoms with E-state index in [1.54, 1.807) is 31.2 Å². The third-order valence-electron chi connectivity index (χ3n) is 6.58. The van der Waals surface area contributed by atoms with Crippen molar-refractivity contribution in [3.8, 4) is 11.5 Å². The van der Waals surface area contributed by atoms with Crippen LogP contribution in [0, 0.1) is 15.9 Å². The summed E-state index contributed by atoms with van der Waals surface area (Å²) in [6.07, 6.45) is 1.38. The van der Waals surface area contributed by atoms with Crippen LogP contribution in [0.4, 0.5) is 10.1 Å². The molecule has 4 aromatic rings. The van der Waals surface area contributed by atoms with Gasteiger partial charge < -0.3 is 14.2 Å². The van der Waals surface area contributed by atoms with E-state index in [0.717, 1.165) is 11.3 Å². The number of hydrogen-bond acceptors (Lipinski definition) is 9. The second kappa shape index (κ2) is 11.8. The zero-order chi connectivity index (χ0) is 30.0. The Balaban J connectivity index is 1.84. The van der Waals surface area contributed by atoms with Crippen molar-refractivity contribution in [3.63, 3.8) is 0 Å². The minimum atomic E-state index is -1.02. The number of fused-ring (bicyclic) bond motifs is 1. The van der Waals surface area contributed by atoms with E-state index >= 15 is 0 Å². The van der Waals surface area contributed by atoms with Gasteiger partial charge in [-0.05, 0) is 36.8 Å². The average molecular weight is 590 g/mol. The van der Waals surface area contributed by atoms with Crippen LogP contribution >= 0.6 is 11.3 Å². The van der Waals surface area contributed by atoms with E-state index in [0.29, 0.717) is 16.8 Å². The first-order valence-corrected chi connectivity index (χ1v) is 13.5. The van der Waals surface area contributed by atoms with Crippen LogP contribution in [0.3, 0.4) is 0 Å². The highest BCUT2D eigenvalue weighted by Gasteiger charge is 2.35. The maximum atomic E-state index is 14.0. The van der Waals surface area contributed by atoms with Crippen LogP contribution in [0.1, 0.15) is 29.7 Å². The Morgan fingerprint density at radius 1 is 1.10 bits per heavy atom. The lowest BCUT2D eigenvalue weighted by atomic mass is 9.93. The molecule has 214 valence electrons. The smallest absolute Gasteiger partial charge is 0.338 e. The number of ether oxygens (including phenoxy) is 3. The number of halogens is 1. The monoisotopic (exact) mass is 589 g/mol. The maximum absolute atomic E-state index is 14.0. The second-order valence-corrected chi connectivity index (χ2v) is 10.0. The summed E-state index contributed by atoms with van der Waals surface area (Å²) in [5.41, 5.74) is 0.721. The fourth-order valence-corrected chi connectivity index (χ4v) is 5.69. The van der Waals surface area contributed by atoms with Gasteiger partial charge in [0.05, 0.1) is 59.2 Å². The maximum Gasteiger partial charge on any atom is 0.338 e. The Morgan fingerprint density at radius 3 is 2.38 bits per heavy atom. The van der Waals surface area contributed by atoms with E-state index in [2.05, 4.69) is 0 Å². The minimum Gasteiger partial charge on any atom is -0.493 e. The van der Waals surface area contributed by atoms with E-state index in [1.165, 1.54) is 61.3 Å². The summed E-state index contributed by atoms with van der Waals surface area (Å²) in [6, 6.07) is 16.0. The molecule has 5 rings (SSSR count). The first kappa shape index (κ1) is 28.4. The molecule has 1 unspecified atom stereocenters. The second-order valence-electron chi connectivity index (χ2n) is 9.01. The molecule has 0 radical (unpaired) electrons. The predicted octanol–water partition coefficient (Wildman–Crippen LogP) is 4.00. The molecule has 12 heteroatoms. The Labute approximate surface area is 242 Å². The summed E-state index contributed by atoms with van der Waals surface area (Å²) >= 11 is 1.00. The molecule has 1 atom stereocenters. The van der Waals surface area contributed by atoms with E-state index in [-0.39, 0.29) is 44.3 Å². The summed E-state index contributed by atoms with van der Waals surface area (Å²) < 4.78 is 31.3. The number of nitro benzene ring substituents is 1. The number of rotatable bonds is 8. The van der Waals surface area contributed by atoms with Gasteiger partial charge in [0.1, 0.15) is 5.82 Å². The largest absolute Gasteiger partial charge is 0.493 e. The van der Waals surface area contributed by atoms with Crippen LogP contribution < -0.4 is 24.4 Å². The average Bonchev–Trinajstić information content (AvgIpc) is 3.31. The molecule has 3 aromatic carbocycles. The van der Waals surface area contributed by atoms with Gasteiger partial charge in [0, 0.05) is 5.56 Å². The predicted molar refractivity (Wildman–Crippen MR) is 154 cm³/mol. The van der Waals surface area contributed by atoms with Crippen molar-refractivity contribution in [3.05, 3.63) is 125 Å². The molecular weight excluding hydrogens is 565 g/mol. The van der Waals surface area contributed by atoms with E-state index in [1.807, 2.05) is 6.07 Å². The van der Waals surface area contributed by atoms with Crippen molar-refractivity contribution >= 4 is 34.8 Å². The fraction of sp³-hybridized carbons (Fsp3) is 0.167. The summed E-state index contributed by atoms with van der Waals surface area (Å²) in [7, 11) is 2.76. The normalized spacial score (nSPS) is 14.7. The Hall–Kier alpha value is -5.10. The lowest BCUT2D eigenvalue weighted by Gasteiger charge is -2.25. The molecule has 0 saturated heterocycles. The summed E-state index contributed by atoms with van der Waals surface area (Å²) in [6.45, 7) is 1.74. The molecule has 0 amide bonds. The molecule has 0 N–H and O–H groups in total. The van der Waals surface area contributed by atoms with Crippen LogP contribution in [0.15, 0.2) is 82.1 Å². The zero-order valence-electron chi connectivity index (χ0n) is 22.7. The zero-order valence-corrected chi connectivity index (χ0v) is 23.5. The third kappa shape index (κ3) is 5.19. The van der Waals surface area contributed by atoms with Crippen molar-refractivity contribution in [2.75, 3.05) is 20.8 Å². The molecule has 1 aliphatic rings. The molecular formula is C30H24FN3O7S. The van der Waals surface area contributed by atoms with Gasteiger partial charge in [-0.25, -0.2) is 14.2 Å². The van der Waals surface area contributed by atoms with Gasteiger partial charge in [0.15, 0.2) is 16.3 Å². The number of carbonyl (C=O) groups excluding carboxylic acids is 1. The lowest BCUT2D eigenvalue weighted by Crippen LogP contribution is -2.40. The number of hydrogen-bond donors (Lipinski definition) is 0. The molecule has 0 spiro atoms. The SMILES string of the molecule is CCOC(=O)C1=C(c2ccccc2)N=c2sc(=Cc3cc(OC)c(OC)cc3[N+](=O)[O-])c(=O)n2C1c1ccc(F)cc1. The van der Waals surface area contributed by atoms with Crippen LogP contribution in [0.2, 0.25) is 0 Å². The van der Waals surface area contributed by atoms with Gasteiger partial charge in [-0.3, -0.25) is 19.5 Å². The number of methoxy groups -OCH3 is 2. The fourth-order valence-electron chi connectivity index (χ4n) is 4.70. The van der Waals surface area contributed by atoms with E-state index in [9.17, 15) is 24.1 Å². The van der Waals surface area contributed by atoms with Crippen molar-refractivity contribution < 1.29 is 28.3 Å². The number of carbonyl (C=O) groups is 1. The number of esters is 1. The van der Waals surface area contributed by atoms with Crippen LogP contribution in [0.5, 0.6) is 11.5 Å². The molecule has 0 saturated carbocycles. The highest BCUT2D eigenvalue weighted by Crippen LogP contribution is 2.36. The van der Waals surface area contributed by atoms with Gasteiger partial charge in [-0.2, -0.15) is 0 Å². The topological polar surface area (TPSA) is 122 Å². The molecule has 42 heavy (non-hydrogen) atoms. The van der Waals surface area contributed by atoms with E-state index in [4.69, 9.17) is 19.2 Å². The van der Waals surface area contributed by atoms with Gasteiger partial charge in [0.25, 0.3) is 11.2 Å². The number of aromatic nitrogens is 1. The van der Waals surface area contributed by atoms with Crippen LogP contribution in [0.25, 0.3) is 11.8 Å². The first-order valence-electron chi connectivity index (χ1n) is 12.7. The van der Waals surface area contributed by atoms with Crippen molar-refractivity contribution in [2.45, 2.75) is 13.0 Å². The molecule has 0 bridgehead atoms. The van der Waals surface area contributed by atoms with Gasteiger partial charge >= 0.3 is 5.97 Å². The molecule has 0 fully saturated rings. The van der Waals surface area contributed by atoms with Crippen molar-refractivity contribution in [2.24, 2.45) is 4.99 Å². The number of nitro groups is 1. The first-order chi connectivity index (χ1) is 20.3. The Bertz CT molecular complexity index is 1900. The summed E-state index contributed by atoms with van der Waals surface area (Å²) in [5, 5.41) is 11.9. The summed E-state index contributed by atoms with van der Waals surface area (Å²) in [4.78, 5) is 43.8. The Morgan fingerprint density at radius 2 is 1.76 bits per heavy atom.